The van der Waals surface area contributed by atoms with Gasteiger partial charge in [0.05, 0.1) is 23.2 Å². The second-order valence-corrected chi connectivity index (χ2v) is 8.16. The summed E-state index contributed by atoms with van der Waals surface area (Å²) in [4.78, 5) is 27.2. The van der Waals surface area contributed by atoms with E-state index >= 15 is 0 Å². The first-order valence-electron chi connectivity index (χ1n) is 8.52. The smallest absolute Gasteiger partial charge is 0.266 e. The number of carbonyl (C=O) groups is 2. The molecule has 1 aliphatic rings. The van der Waals surface area contributed by atoms with E-state index in [1.54, 1.807) is 18.4 Å². The molecule has 0 fully saturated rings. The van der Waals surface area contributed by atoms with Crippen molar-refractivity contribution >= 4 is 39.5 Å². The highest BCUT2D eigenvalue weighted by molar-refractivity contribution is 7.17. The zero-order valence-corrected chi connectivity index (χ0v) is 15.7. The highest BCUT2D eigenvalue weighted by atomic mass is 32.1. The maximum atomic E-state index is 12.9. The van der Waals surface area contributed by atoms with Crippen LogP contribution in [0.5, 0.6) is 0 Å². The molecule has 5 nitrogen and oxygen atoms in total. The molecule has 3 aromatic rings. The molecule has 3 heterocycles. The van der Waals surface area contributed by atoms with Gasteiger partial charge in [0.1, 0.15) is 10.8 Å². The van der Waals surface area contributed by atoms with Crippen LogP contribution in [0.3, 0.4) is 0 Å². The Morgan fingerprint density at radius 1 is 1.12 bits per heavy atom. The summed E-state index contributed by atoms with van der Waals surface area (Å²) in [7, 11) is 0. The van der Waals surface area contributed by atoms with E-state index < -0.39 is 0 Å². The standard InChI is InChI=1S/C19H18N2O3S2/c22-17(15-8-4-10-25-15)21-19-16(13-6-1-2-7-14(13)26-19)18(23)20-11-12-5-3-9-24-12/h3-5,8-10H,1-2,6-7,11H2,(H,20,23)(H,21,22). The molecule has 0 aromatic carbocycles. The van der Waals surface area contributed by atoms with Gasteiger partial charge in [-0.3, -0.25) is 9.59 Å². The van der Waals surface area contributed by atoms with Crippen LogP contribution >= 0.6 is 22.7 Å². The number of thiophene rings is 2. The Bertz CT molecular complexity index is 911. The molecular weight excluding hydrogens is 368 g/mol. The minimum atomic E-state index is -0.168. The third-order valence-corrected chi connectivity index (χ3v) is 6.45. The quantitative estimate of drug-likeness (QED) is 0.680. The molecule has 26 heavy (non-hydrogen) atoms. The van der Waals surface area contributed by atoms with Crippen LogP contribution in [0.25, 0.3) is 0 Å². The van der Waals surface area contributed by atoms with E-state index in [0.717, 1.165) is 31.2 Å². The molecule has 0 saturated carbocycles. The van der Waals surface area contributed by atoms with E-state index in [-0.39, 0.29) is 11.8 Å². The molecule has 0 spiro atoms. The summed E-state index contributed by atoms with van der Waals surface area (Å²) in [5.74, 6) is 0.368. The molecule has 2 N–H and O–H groups in total. The van der Waals surface area contributed by atoms with E-state index in [9.17, 15) is 9.59 Å². The fourth-order valence-corrected chi connectivity index (χ4v) is 5.04. The Hall–Kier alpha value is -2.38. The van der Waals surface area contributed by atoms with Crippen LogP contribution in [0, 0.1) is 0 Å². The van der Waals surface area contributed by atoms with Crippen molar-refractivity contribution in [3.05, 3.63) is 62.6 Å². The van der Waals surface area contributed by atoms with Crippen molar-refractivity contribution in [3.8, 4) is 0 Å². The molecule has 0 aliphatic heterocycles. The van der Waals surface area contributed by atoms with Gasteiger partial charge in [0.15, 0.2) is 0 Å². The molecule has 1 aliphatic carbocycles. The first-order valence-corrected chi connectivity index (χ1v) is 10.2. The predicted molar refractivity (Wildman–Crippen MR) is 103 cm³/mol. The summed E-state index contributed by atoms with van der Waals surface area (Å²) in [6.07, 6.45) is 5.62. The van der Waals surface area contributed by atoms with Gasteiger partial charge in [-0.25, -0.2) is 0 Å². The Balaban J connectivity index is 1.59. The minimum Gasteiger partial charge on any atom is -0.467 e. The van der Waals surface area contributed by atoms with Crippen molar-refractivity contribution in [2.75, 3.05) is 5.32 Å². The number of hydrogen-bond donors (Lipinski definition) is 2. The van der Waals surface area contributed by atoms with Crippen LogP contribution < -0.4 is 10.6 Å². The zero-order chi connectivity index (χ0) is 17.9. The van der Waals surface area contributed by atoms with Gasteiger partial charge >= 0.3 is 0 Å². The Morgan fingerprint density at radius 3 is 2.77 bits per heavy atom. The third kappa shape index (κ3) is 3.45. The number of hydrogen-bond acceptors (Lipinski definition) is 5. The van der Waals surface area contributed by atoms with Crippen LogP contribution in [0.2, 0.25) is 0 Å². The Kier molecular flexibility index (Phi) is 4.90. The number of fused-ring (bicyclic) bond motifs is 1. The number of nitrogens with one attached hydrogen (secondary N) is 2. The lowest BCUT2D eigenvalue weighted by Crippen LogP contribution is -2.25. The summed E-state index contributed by atoms with van der Waals surface area (Å²) in [5.41, 5.74) is 1.70. The number of amides is 2. The number of furan rings is 1. The lowest BCUT2D eigenvalue weighted by atomic mass is 9.95. The normalized spacial score (nSPS) is 13.2. The molecule has 2 amide bonds. The van der Waals surface area contributed by atoms with Crippen molar-refractivity contribution < 1.29 is 14.0 Å². The van der Waals surface area contributed by atoms with E-state index in [2.05, 4.69) is 10.6 Å². The van der Waals surface area contributed by atoms with Crippen LogP contribution in [0.4, 0.5) is 5.00 Å². The average Bonchev–Trinajstić information content (AvgIpc) is 3.39. The fourth-order valence-electron chi connectivity index (χ4n) is 3.14. The third-order valence-electron chi connectivity index (χ3n) is 4.37. The second kappa shape index (κ2) is 7.47. The van der Waals surface area contributed by atoms with Gasteiger partial charge in [0.25, 0.3) is 11.8 Å². The van der Waals surface area contributed by atoms with Crippen LogP contribution in [-0.2, 0) is 19.4 Å². The molecule has 0 bridgehead atoms. The summed E-state index contributed by atoms with van der Waals surface area (Å²) in [5, 5.41) is 8.37. The molecular formula is C19H18N2O3S2. The van der Waals surface area contributed by atoms with Gasteiger partial charge in [-0.1, -0.05) is 6.07 Å². The summed E-state index contributed by atoms with van der Waals surface area (Å²) in [6, 6.07) is 7.24. The van der Waals surface area contributed by atoms with Crippen molar-refractivity contribution in [2.24, 2.45) is 0 Å². The van der Waals surface area contributed by atoms with Crippen molar-refractivity contribution in [1.82, 2.24) is 5.32 Å². The van der Waals surface area contributed by atoms with Gasteiger partial charge in [-0.05, 0) is 54.8 Å². The van der Waals surface area contributed by atoms with Gasteiger partial charge in [-0.15, -0.1) is 22.7 Å². The Labute approximate surface area is 159 Å². The predicted octanol–water partition coefficient (Wildman–Crippen LogP) is 4.46. The highest BCUT2D eigenvalue weighted by Crippen LogP contribution is 2.38. The van der Waals surface area contributed by atoms with Crippen LogP contribution in [0.1, 0.15) is 49.1 Å². The summed E-state index contributed by atoms with van der Waals surface area (Å²) >= 11 is 2.92. The van der Waals surface area contributed by atoms with Gasteiger partial charge in [0, 0.05) is 4.88 Å². The molecule has 134 valence electrons. The first kappa shape index (κ1) is 17.1. The molecule has 0 unspecified atom stereocenters. The first-order chi connectivity index (χ1) is 12.7. The largest absolute Gasteiger partial charge is 0.467 e. The molecule has 3 aromatic heterocycles. The van der Waals surface area contributed by atoms with Crippen molar-refractivity contribution in [3.63, 3.8) is 0 Å². The number of carbonyl (C=O) groups excluding carboxylic acids is 2. The maximum Gasteiger partial charge on any atom is 0.266 e. The molecule has 4 rings (SSSR count). The molecule has 7 heteroatoms. The van der Waals surface area contributed by atoms with E-state index in [1.807, 2.05) is 17.5 Å². The van der Waals surface area contributed by atoms with Gasteiger partial charge in [-0.2, -0.15) is 0 Å². The van der Waals surface area contributed by atoms with Crippen molar-refractivity contribution in [2.45, 2.75) is 32.2 Å². The number of aryl methyl sites for hydroxylation is 1. The fraction of sp³-hybridized carbons (Fsp3) is 0.263. The summed E-state index contributed by atoms with van der Waals surface area (Å²) < 4.78 is 5.28. The monoisotopic (exact) mass is 386 g/mol. The number of rotatable bonds is 5. The highest BCUT2D eigenvalue weighted by Gasteiger charge is 2.26. The minimum absolute atomic E-state index is 0.165. The summed E-state index contributed by atoms with van der Waals surface area (Å²) in [6.45, 7) is 0.328. The molecule has 0 saturated heterocycles. The van der Waals surface area contributed by atoms with Gasteiger partial charge < -0.3 is 15.1 Å². The lowest BCUT2D eigenvalue weighted by Gasteiger charge is -2.13. The zero-order valence-electron chi connectivity index (χ0n) is 14.0. The van der Waals surface area contributed by atoms with Crippen LogP contribution in [-0.4, -0.2) is 11.8 Å². The average molecular weight is 386 g/mol. The van der Waals surface area contributed by atoms with E-state index in [0.29, 0.717) is 27.7 Å². The SMILES string of the molecule is O=C(Nc1sc2c(c1C(=O)NCc1ccco1)CCCC2)c1cccs1. The maximum absolute atomic E-state index is 12.9. The molecule has 0 atom stereocenters. The molecule has 0 radical (unpaired) electrons. The second-order valence-electron chi connectivity index (χ2n) is 6.11. The van der Waals surface area contributed by atoms with E-state index in [4.69, 9.17) is 4.42 Å². The van der Waals surface area contributed by atoms with Crippen LogP contribution in [0.15, 0.2) is 40.3 Å². The van der Waals surface area contributed by atoms with E-state index in [1.165, 1.54) is 27.6 Å². The number of anilines is 1. The topological polar surface area (TPSA) is 71.3 Å². The lowest BCUT2D eigenvalue weighted by molar-refractivity contribution is 0.0948. The van der Waals surface area contributed by atoms with Crippen molar-refractivity contribution in [1.29, 1.82) is 0 Å². The Morgan fingerprint density at radius 2 is 2.00 bits per heavy atom. The van der Waals surface area contributed by atoms with Gasteiger partial charge in [0.2, 0.25) is 0 Å².